The monoisotopic (exact) mass is 578 g/mol. The SMILES string of the molecule is CN(C)c1ccc(-c2ccc3c(=O)n(CCC(C)(C(=O)NOC4CCCCO4)S(C)(=O)=O)ccc3c2)cn1.Cl. The molecule has 3 aromatic rings. The lowest BCUT2D eigenvalue weighted by molar-refractivity contribution is -0.201. The van der Waals surface area contributed by atoms with Crippen molar-refractivity contribution >= 4 is 44.7 Å². The Labute approximate surface area is 234 Å². The molecule has 1 N–H and O–H groups in total. The number of rotatable bonds is 9. The van der Waals surface area contributed by atoms with Crippen LogP contribution in [0.4, 0.5) is 5.82 Å². The Hall–Kier alpha value is -2.99. The lowest BCUT2D eigenvalue weighted by Gasteiger charge is -2.28. The molecule has 2 aromatic heterocycles. The number of pyridine rings is 2. The van der Waals surface area contributed by atoms with Crippen LogP contribution in [0.15, 0.2) is 53.6 Å². The third kappa shape index (κ3) is 6.78. The van der Waals surface area contributed by atoms with Crippen LogP contribution < -0.4 is 15.9 Å². The minimum atomic E-state index is -3.84. The minimum Gasteiger partial charge on any atom is -0.363 e. The zero-order valence-corrected chi connectivity index (χ0v) is 24.2. The summed E-state index contributed by atoms with van der Waals surface area (Å²) in [6.07, 6.45) is 6.13. The number of aromatic nitrogens is 2. The van der Waals surface area contributed by atoms with Gasteiger partial charge in [0.25, 0.3) is 11.5 Å². The van der Waals surface area contributed by atoms with E-state index in [1.165, 1.54) is 11.5 Å². The Bertz CT molecular complexity index is 1470. The average molecular weight is 579 g/mol. The summed E-state index contributed by atoms with van der Waals surface area (Å²) in [5.41, 5.74) is 3.86. The molecule has 1 aromatic carbocycles. The molecule has 0 spiro atoms. The van der Waals surface area contributed by atoms with E-state index in [1.54, 1.807) is 18.5 Å². The van der Waals surface area contributed by atoms with Crippen LogP contribution in [0, 0.1) is 0 Å². The molecule has 212 valence electrons. The van der Waals surface area contributed by atoms with Crippen molar-refractivity contribution in [3.63, 3.8) is 0 Å². The summed E-state index contributed by atoms with van der Waals surface area (Å²) < 4.78 is 30.4. The second kappa shape index (κ2) is 12.5. The van der Waals surface area contributed by atoms with Gasteiger partial charge in [0.2, 0.25) is 0 Å². The van der Waals surface area contributed by atoms with Crippen LogP contribution in [0.3, 0.4) is 0 Å². The largest absolute Gasteiger partial charge is 0.363 e. The van der Waals surface area contributed by atoms with Crippen molar-refractivity contribution in [1.29, 1.82) is 0 Å². The summed E-state index contributed by atoms with van der Waals surface area (Å²) in [7, 11) is 0.00560. The molecule has 0 saturated carbocycles. The molecule has 3 heterocycles. The zero-order valence-electron chi connectivity index (χ0n) is 22.5. The summed E-state index contributed by atoms with van der Waals surface area (Å²) in [6.45, 7) is 1.90. The molecule has 1 aliphatic rings. The summed E-state index contributed by atoms with van der Waals surface area (Å²) in [6, 6.07) is 11.3. The fourth-order valence-electron chi connectivity index (χ4n) is 4.30. The van der Waals surface area contributed by atoms with E-state index in [1.807, 2.05) is 49.3 Å². The Morgan fingerprint density at radius 3 is 2.56 bits per heavy atom. The van der Waals surface area contributed by atoms with Crippen LogP contribution in [-0.2, 0) is 30.8 Å². The topological polar surface area (TPSA) is 120 Å². The normalized spacial score (nSPS) is 17.2. The summed E-state index contributed by atoms with van der Waals surface area (Å²) in [5.74, 6) is 0.0580. The molecule has 4 rings (SSSR count). The van der Waals surface area contributed by atoms with Gasteiger partial charge in [0.05, 0.1) is 0 Å². The maximum absolute atomic E-state index is 13.2. The Morgan fingerprint density at radius 1 is 1.21 bits per heavy atom. The highest BCUT2D eigenvalue weighted by Crippen LogP contribution is 2.25. The number of carbonyl (C=O) groups excluding carboxylic acids is 1. The number of halogens is 1. The van der Waals surface area contributed by atoms with Crippen LogP contribution >= 0.6 is 12.4 Å². The van der Waals surface area contributed by atoms with E-state index in [4.69, 9.17) is 9.57 Å². The van der Waals surface area contributed by atoms with Gasteiger partial charge in [-0.1, -0.05) is 6.07 Å². The van der Waals surface area contributed by atoms with E-state index < -0.39 is 26.8 Å². The molecule has 1 saturated heterocycles. The Kier molecular flexibility index (Phi) is 9.76. The van der Waals surface area contributed by atoms with E-state index in [-0.39, 0.29) is 30.9 Å². The van der Waals surface area contributed by atoms with Crippen molar-refractivity contribution in [3.8, 4) is 11.1 Å². The summed E-state index contributed by atoms with van der Waals surface area (Å²) in [4.78, 5) is 37.8. The lowest BCUT2D eigenvalue weighted by Crippen LogP contribution is -2.51. The molecular formula is C27H35ClN4O6S. The highest BCUT2D eigenvalue weighted by molar-refractivity contribution is 7.92. The van der Waals surface area contributed by atoms with E-state index in [2.05, 4.69) is 10.5 Å². The predicted molar refractivity (Wildman–Crippen MR) is 154 cm³/mol. The first-order chi connectivity index (χ1) is 18.0. The predicted octanol–water partition coefficient (Wildman–Crippen LogP) is 3.32. The molecule has 1 amide bonds. The number of sulfone groups is 1. The van der Waals surface area contributed by atoms with Gasteiger partial charge in [-0.05, 0) is 67.5 Å². The molecule has 2 atom stereocenters. The molecule has 1 aliphatic heterocycles. The number of hydroxylamine groups is 1. The first-order valence-corrected chi connectivity index (χ1v) is 14.4. The number of nitrogens with one attached hydrogen (secondary N) is 1. The van der Waals surface area contributed by atoms with E-state index in [9.17, 15) is 18.0 Å². The van der Waals surface area contributed by atoms with Crippen molar-refractivity contribution in [3.05, 3.63) is 59.1 Å². The van der Waals surface area contributed by atoms with Gasteiger partial charge in [0.15, 0.2) is 20.9 Å². The number of carbonyl (C=O) groups is 1. The van der Waals surface area contributed by atoms with Crippen molar-refractivity contribution < 1.29 is 22.8 Å². The van der Waals surface area contributed by atoms with Gasteiger partial charge in [-0.3, -0.25) is 9.59 Å². The molecule has 12 heteroatoms. The highest BCUT2D eigenvalue weighted by atomic mass is 35.5. The summed E-state index contributed by atoms with van der Waals surface area (Å²) >= 11 is 0. The quantitative estimate of drug-likeness (QED) is 0.384. The molecule has 39 heavy (non-hydrogen) atoms. The number of aryl methyl sites for hydroxylation is 1. The number of ether oxygens (including phenoxy) is 1. The van der Waals surface area contributed by atoms with Crippen LogP contribution in [0.2, 0.25) is 0 Å². The average Bonchev–Trinajstić information content (AvgIpc) is 2.91. The van der Waals surface area contributed by atoms with Crippen molar-refractivity contribution in [2.24, 2.45) is 0 Å². The molecule has 0 bridgehead atoms. The fourth-order valence-corrected chi connectivity index (χ4v) is 5.14. The molecule has 10 nitrogen and oxygen atoms in total. The minimum absolute atomic E-state index is 0. The van der Waals surface area contributed by atoms with Crippen LogP contribution in [-0.4, -0.2) is 61.9 Å². The fraction of sp³-hybridized carbons (Fsp3) is 0.444. The zero-order chi connectivity index (χ0) is 27.5. The van der Waals surface area contributed by atoms with Gasteiger partial charge in [-0.25, -0.2) is 23.7 Å². The first kappa shape index (κ1) is 30.6. The van der Waals surface area contributed by atoms with E-state index >= 15 is 0 Å². The van der Waals surface area contributed by atoms with Crippen molar-refractivity contribution in [2.75, 3.05) is 31.9 Å². The van der Waals surface area contributed by atoms with Crippen molar-refractivity contribution in [2.45, 2.75) is 50.2 Å². The Balaban J connectivity index is 0.00000420. The van der Waals surface area contributed by atoms with Gasteiger partial charge >= 0.3 is 0 Å². The molecule has 1 fully saturated rings. The number of hydrogen-bond acceptors (Lipinski definition) is 8. The number of hydrogen-bond donors (Lipinski definition) is 1. The van der Waals surface area contributed by atoms with Gasteiger partial charge in [0, 0.05) is 63.3 Å². The number of fused-ring (bicyclic) bond motifs is 1. The van der Waals surface area contributed by atoms with Gasteiger partial charge < -0.3 is 14.2 Å². The molecule has 2 unspecified atom stereocenters. The number of nitrogens with zero attached hydrogens (tertiary/aromatic N) is 3. The number of benzene rings is 1. The number of anilines is 1. The van der Waals surface area contributed by atoms with Gasteiger partial charge in [0.1, 0.15) is 5.82 Å². The second-order valence-corrected chi connectivity index (χ2v) is 12.5. The van der Waals surface area contributed by atoms with Gasteiger partial charge in [-0.15, -0.1) is 12.4 Å². The lowest BCUT2D eigenvalue weighted by atomic mass is 10.0. The third-order valence-corrected chi connectivity index (χ3v) is 9.09. The molecule has 0 radical (unpaired) electrons. The van der Waals surface area contributed by atoms with E-state index in [0.29, 0.717) is 18.4 Å². The maximum atomic E-state index is 13.2. The third-order valence-electron chi connectivity index (χ3n) is 7.07. The highest BCUT2D eigenvalue weighted by Gasteiger charge is 2.44. The van der Waals surface area contributed by atoms with E-state index in [0.717, 1.165) is 41.4 Å². The van der Waals surface area contributed by atoms with Crippen LogP contribution in [0.25, 0.3) is 21.9 Å². The number of amides is 1. The van der Waals surface area contributed by atoms with Crippen molar-refractivity contribution in [1.82, 2.24) is 15.0 Å². The molecular weight excluding hydrogens is 544 g/mol. The van der Waals surface area contributed by atoms with Crippen LogP contribution in [0.1, 0.15) is 32.6 Å². The maximum Gasteiger partial charge on any atom is 0.264 e. The first-order valence-electron chi connectivity index (χ1n) is 12.5. The second-order valence-electron chi connectivity index (χ2n) is 10.0. The van der Waals surface area contributed by atoms with Gasteiger partial charge in [-0.2, -0.15) is 0 Å². The van der Waals surface area contributed by atoms with Crippen LogP contribution in [0.5, 0.6) is 0 Å². The smallest absolute Gasteiger partial charge is 0.264 e. The standard InChI is InChI=1S/C27H34N4O6S.ClH/c1-27(38(4,34)35,26(33)29-37-24-7-5-6-16-36-24)13-15-31-14-12-20-17-19(8-10-22(20)25(31)32)21-9-11-23(28-18-21)30(2)3;/h8-12,14,17-18,24H,5-7,13,15-16H2,1-4H3,(H,29,33);1H. The summed E-state index contributed by atoms with van der Waals surface area (Å²) in [5, 5.41) is 1.25. The molecule has 0 aliphatic carbocycles. The Morgan fingerprint density at radius 2 is 1.95 bits per heavy atom.